The van der Waals surface area contributed by atoms with E-state index in [1.54, 1.807) is 0 Å². The van der Waals surface area contributed by atoms with E-state index in [-0.39, 0.29) is 6.67 Å². The first-order chi connectivity index (χ1) is 6.24. The van der Waals surface area contributed by atoms with E-state index in [0.29, 0.717) is 6.42 Å². The highest BCUT2D eigenvalue weighted by Crippen LogP contribution is 2.12. The molecule has 1 aromatic rings. The van der Waals surface area contributed by atoms with Crippen LogP contribution in [-0.4, -0.2) is 13.2 Å². The number of hydrogen-bond acceptors (Lipinski definition) is 2. The van der Waals surface area contributed by atoms with Crippen molar-refractivity contribution in [2.24, 2.45) is 0 Å². The van der Waals surface area contributed by atoms with E-state index >= 15 is 0 Å². The summed E-state index contributed by atoms with van der Waals surface area (Å²) in [5.74, 6) is 1.88. The van der Waals surface area contributed by atoms with Crippen LogP contribution in [0.3, 0.4) is 0 Å². The monoisotopic (exact) mass is 185 g/mol. The van der Waals surface area contributed by atoms with Gasteiger partial charge >= 0.3 is 0 Å². The van der Waals surface area contributed by atoms with Crippen LogP contribution < -0.4 is 5.32 Å². The van der Waals surface area contributed by atoms with Gasteiger partial charge in [0.25, 0.3) is 0 Å². The molecule has 0 amide bonds. The average Bonchev–Trinajstić information content (AvgIpc) is 2.39. The van der Waals surface area contributed by atoms with E-state index < -0.39 is 0 Å². The van der Waals surface area contributed by atoms with Gasteiger partial charge in [0.15, 0.2) is 0 Å². The Hall–Kier alpha value is -0.830. The van der Waals surface area contributed by atoms with E-state index in [1.165, 1.54) is 0 Å². The van der Waals surface area contributed by atoms with Gasteiger partial charge in [-0.3, -0.25) is 4.39 Å². The standard InChI is InChI=1S/C10H16FNO/c1-8-6-10(9(2)13-8)7-12-5-3-4-11/h6,12H,3-5,7H2,1-2H3. The summed E-state index contributed by atoms with van der Waals surface area (Å²) in [6.45, 7) is 5.11. The van der Waals surface area contributed by atoms with E-state index in [4.69, 9.17) is 4.42 Å². The lowest BCUT2D eigenvalue weighted by Crippen LogP contribution is -2.15. The Morgan fingerprint density at radius 3 is 2.77 bits per heavy atom. The molecule has 0 fully saturated rings. The van der Waals surface area contributed by atoms with Crippen molar-refractivity contribution in [3.63, 3.8) is 0 Å². The molecule has 0 atom stereocenters. The third kappa shape index (κ3) is 3.19. The molecular weight excluding hydrogens is 169 g/mol. The summed E-state index contributed by atoms with van der Waals surface area (Å²) in [5.41, 5.74) is 1.16. The molecule has 0 aliphatic heterocycles. The van der Waals surface area contributed by atoms with Crippen molar-refractivity contribution in [2.75, 3.05) is 13.2 Å². The molecule has 0 spiro atoms. The first kappa shape index (κ1) is 10.3. The van der Waals surface area contributed by atoms with E-state index in [1.807, 2.05) is 19.9 Å². The van der Waals surface area contributed by atoms with E-state index in [9.17, 15) is 4.39 Å². The van der Waals surface area contributed by atoms with Crippen LogP contribution in [0.4, 0.5) is 4.39 Å². The molecule has 0 bridgehead atoms. The topological polar surface area (TPSA) is 25.2 Å². The maximum absolute atomic E-state index is 11.7. The Bertz CT molecular complexity index is 257. The zero-order chi connectivity index (χ0) is 9.68. The van der Waals surface area contributed by atoms with Crippen LogP contribution in [0.1, 0.15) is 23.5 Å². The van der Waals surface area contributed by atoms with Crippen molar-refractivity contribution < 1.29 is 8.81 Å². The SMILES string of the molecule is Cc1cc(CNCCCF)c(C)o1. The lowest BCUT2D eigenvalue weighted by molar-refractivity contribution is 0.457. The highest BCUT2D eigenvalue weighted by Gasteiger charge is 2.02. The average molecular weight is 185 g/mol. The summed E-state index contributed by atoms with van der Waals surface area (Å²) in [4.78, 5) is 0. The predicted octanol–water partition coefficient (Wildman–Crippen LogP) is 2.35. The molecule has 0 aromatic carbocycles. The second-order valence-electron chi connectivity index (χ2n) is 3.16. The van der Waals surface area contributed by atoms with Crippen LogP contribution >= 0.6 is 0 Å². The summed E-state index contributed by atoms with van der Waals surface area (Å²) < 4.78 is 17.1. The molecule has 0 aliphatic rings. The fourth-order valence-electron chi connectivity index (χ4n) is 1.27. The second kappa shape index (κ2) is 5.02. The summed E-state index contributed by atoms with van der Waals surface area (Å²) in [6.07, 6.45) is 0.579. The first-order valence-corrected chi connectivity index (χ1v) is 4.56. The van der Waals surface area contributed by atoms with Gasteiger partial charge in [-0.05, 0) is 32.9 Å². The molecule has 0 saturated carbocycles. The zero-order valence-electron chi connectivity index (χ0n) is 8.19. The first-order valence-electron chi connectivity index (χ1n) is 4.56. The van der Waals surface area contributed by atoms with Crippen molar-refractivity contribution in [1.29, 1.82) is 0 Å². The number of rotatable bonds is 5. The number of furan rings is 1. The van der Waals surface area contributed by atoms with Crippen molar-refractivity contribution in [2.45, 2.75) is 26.8 Å². The van der Waals surface area contributed by atoms with Crippen molar-refractivity contribution in [1.82, 2.24) is 5.32 Å². The van der Waals surface area contributed by atoms with Gasteiger partial charge in [0.05, 0.1) is 6.67 Å². The fourth-order valence-corrected chi connectivity index (χ4v) is 1.27. The minimum Gasteiger partial charge on any atom is -0.466 e. The maximum Gasteiger partial charge on any atom is 0.105 e. The molecule has 2 nitrogen and oxygen atoms in total. The molecule has 0 saturated heterocycles. The van der Waals surface area contributed by atoms with Crippen molar-refractivity contribution in [3.8, 4) is 0 Å². The molecule has 0 radical (unpaired) electrons. The Balaban J connectivity index is 2.32. The molecule has 74 valence electrons. The molecule has 1 aromatic heterocycles. The highest BCUT2D eigenvalue weighted by molar-refractivity contribution is 5.19. The molecule has 3 heteroatoms. The summed E-state index contributed by atoms with van der Waals surface area (Å²) >= 11 is 0. The van der Waals surface area contributed by atoms with E-state index in [0.717, 1.165) is 30.2 Å². The van der Waals surface area contributed by atoms with Gasteiger partial charge in [0, 0.05) is 12.1 Å². The smallest absolute Gasteiger partial charge is 0.105 e. The lowest BCUT2D eigenvalue weighted by atomic mass is 10.2. The number of nitrogens with one attached hydrogen (secondary N) is 1. The van der Waals surface area contributed by atoms with Gasteiger partial charge in [-0.1, -0.05) is 0 Å². The van der Waals surface area contributed by atoms with Gasteiger partial charge < -0.3 is 9.73 Å². The lowest BCUT2D eigenvalue weighted by Gasteiger charge is -2.00. The zero-order valence-corrected chi connectivity index (χ0v) is 8.19. The third-order valence-electron chi connectivity index (χ3n) is 1.95. The molecule has 1 rings (SSSR count). The second-order valence-corrected chi connectivity index (χ2v) is 3.16. The maximum atomic E-state index is 11.7. The Morgan fingerprint density at radius 2 is 2.23 bits per heavy atom. The van der Waals surface area contributed by atoms with E-state index in [2.05, 4.69) is 5.32 Å². The number of alkyl halides is 1. The fraction of sp³-hybridized carbons (Fsp3) is 0.600. The number of halogens is 1. The predicted molar refractivity (Wildman–Crippen MR) is 50.5 cm³/mol. The molecular formula is C10H16FNO. The van der Waals surface area contributed by atoms with Crippen molar-refractivity contribution >= 4 is 0 Å². The van der Waals surface area contributed by atoms with Gasteiger partial charge in [0.1, 0.15) is 11.5 Å². The molecule has 1 N–H and O–H groups in total. The van der Waals surface area contributed by atoms with Gasteiger partial charge in [-0.25, -0.2) is 0 Å². The highest BCUT2D eigenvalue weighted by atomic mass is 19.1. The molecule has 13 heavy (non-hydrogen) atoms. The largest absolute Gasteiger partial charge is 0.466 e. The molecule has 0 aliphatic carbocycles. The number of aryl methyl sites for hydroxylation is 2. The van der Waals surface area contributed by atoms with Crippen LogP contribution in [0, 0.1) is 13.8 Å². The van der Waals surface area contributed by atoms with Crippen molar-refractivity contribution in [3.05, 3.63) is 23.2 Å². The van der Waals surface area contributed by atoms with Crippen LogP contribution in [0.25, 0.3) is 0 Å². The summed E-state index contributed by atoms with van der Waals surface area (Å²) in [7, 11) is 0. The van der Waals surface area contributed by atoms with Gasteiger partial charge in [0.2, 0.25) is 0 Å². The van der Waals surface area contributed by atoms with Crippen LogP contribution in [0.15, 0.2) is 10.5 Å². The summed E-state index contributed by atoms with van der Waals surface area (Å²) in [6, 6.07) is 2.01. The molecule has 1 heterocycles. The summed E-state index contributed by atoms with van der Waals surface area (Å²) in [5, 5.41) is 3.16. The van der Waals surface area contributed by atoms with Crippen LogP contribution in [0.2, 0.25) is 0 Å². The molecule has 0 unspecified atom stereocenters. The minimum atomic E-state index is -0.254. The quantitative estimate of drug-likeness (QED) is 0.712. The minimum absolute atomic E-state index is 0.254. The normalized spacial score (nSPS) is 10.7. The van der Waals surface area contributed by atoms with Crippen LogP contribution in [0.5, 0.6) is 0 Å². The third-order valence-corrected chi connectivity index (χ3v) is 1.95. The number of hydrogen-bond donors (Lipinski definition) is 1. The Kier molecular flexibility index (Phi) is 3.96. The Labute approximate surface area is 78.1 Å². The van der Waals surface area contributed by atoms with Gasteiger partial charge in [-0.15, -0.1) is 0 Å². The Morgan fingerprint density at radius 1 is 1.46 bits per heavy atom. The van der Waals surface area contributed by atoms with Gasteiger partial charge in [-0.2, -0.15) is 0 Å². The van der Waals surface area contributed by atoms with Crippen LogP contribution in [-0.2, 0) is 6.54 Å².